The number of benzene rings is 2. The molecule has 0 radical (unpaired) electrons. The van der Waals surface area contributed by atoms with Crippen LogP contribution in [0.3, 0.4) is 0 Å². The van der Waals surface area contributed by atoms with Crippen molar-refractivity contribution in [2.24, 2.45) is 0 Å². The van der Waals surface area contributed by atoms with Gasteiger partial charge in [-0.05, 0) is 54.8 Å². The van der Waals surface area contributed by atoms with E-state index in [0.29, 0.717) is 11.5 Å². The molecule has 1 amide bonds. The van der Waals surface area contributed by atoms with Crippen molar-refractivity contribution in [3.63, 3.8) is 0 Å². The summed E-state index contributed by atoms with van der Waals surface area (Å²) in [6.07, 6.45) is 0.987. The van der Waals surface area contributed by atoms with Gasteiger partial charge in [0.05, 0.1) is 5.69 Å². The van der Waals surface area contributed by atoms with Gasteiger partial charge in [0.15, 0.2) is 17.3 Å². The van der Waals surface area contributed by atoms with Crippen molar-refractivity contribution in [3.05, 3.63) is 60.4 Å². The van der Waals surface area contributed by atoms with Crippen LogP contribution in [0.4, 0.5) is 10.2 Å². The van der Waals surface area contributed by atoms with Crippen molar-refractivity contribution < 1.29 is 18.7 Å². The number of halogens is 1. The second kappa shape index (κ2) is 8.29. The van der Waals surface area contributed by atoms with Crippen LogP contribution in [0.2, 0.25) is 0 Å². The molecule has 1 fully saturated rings. The van der Waals surface area contributed by atoms with E-state index in [-0.39, 0.29) is 24.4 Å². The number of anilines is 1. The zero-order valence-corrected chi connectivity index (χ0v) is 16.9. The van der Waals surface area contributed by atoms with Crippen LogP contribution in [-0.2, 0) is 4.79 Å². The average molecular weight is 422 g/mol. The van der Waals surface area contributed by atoms with Gasteiger partial charge < -0.3 is 19.7 Å². The highest BCUT2D eigenvalue weighted by Crippen LogP contribution is 2.31. The van der Waals surface area contributed by atoms with Crippen molar-refractivity contribution in [1.82, 2.24) is 15.5 Å². The summed E-state index contributed by atoms with van der Waals surface area (Å²) < 4.78 is 24.6. The molecular weight excluding hydrogens is 399 g/mol. The van der Waals surface area contributed by atoms with Crippen LogP contribution in [0.25, 0.3) is 11.3 Å². The molecule has 3 aromatic rings. The Kier molecular flexibility index (Phi) is 5.19. The molecule has 5 rings (SSSR count). The average Bonchev–Trinajstić information content (AvgIpc) is 3.30. The molecule has 31 heavy (non-hydrogen) atoms. The summed E-state index contributed by atoms with van der Waals surface area (Å²) in [4.78, 5) is 14.8. The summed E-state index contributed by atoms with van der Waals surface area (Å²) >= 11 is 0. The Morgan fingerprint density at radius 2 is 1.84 bits per heavy atom. The van der Waals surface area contributed by atoms with Gasteiger partial charge in [-0.2, -0.15) is 5.10 Å². The number of amides is 1. The van der Waals surface area contributed by atoms with Gasteiger partial charge in [0.2, 0.25) is 6.10 Å². The SMILES string of the molecule is O=C(NC1CCN(c2cc(-c3ccc(F)cc3)[nH]n2)CC1)[C@@H]1COc2ccccc2O1. The fourth-order valence-electron chi connectivity index (χ4n) is 3.95. The number of hydrogen-bond acceptors (Lipinski definition) is 5. The Labute approximate surface area is 179 Å². The predicted molar refractivity (Wildman–Crippen MR) is 114 cm³/mol. The number of nitrogens with one attached hydrogen (secondary N) is 2. The van der Waals surface area contributed by atoms with Gasteiger partial charge >= 0.3 is 0 Å². The van der Waals surface area contributed by atoms with Crippen molar-refractivity contribution in [2.45, 2.75) is 25.0 Å². The molecule has 1 atom stereocenters. The standard InChI is InChI=1S/C23H23FN4O3/c24-16-7-5-15(6-8-16)18-13-22(27-26-18)28-11-9-17(10-12-28)25-23(29)21-14-30-19-3-1-2-4-20(19)31-21/h1-8,13,17,21H,9-12,14H2,(H,25,29)(H,26,27)/t21-/m0/s1. The molecule has 1 aromatic heterocycles. The topological polar surface area (TPSA) is 79.5 Å². The highest BCUT2D eigenvalue weighted by atomic mass is 19.1. The van der Waals surface area contributed by atoms with E-state index in [2.05, 4.69) is 20.4 Å². The van der Waals surface area contributed by atoms with E-state index in [1.54, 1.807) is 18.2 Å². The fourth-order valence-corrected chi connectivity index (χ4v) is 3.95. The molecule has 0 aliphatic carbocycles. The lowest BCUT2D eigenvalue weighted by atomic mass is 10.0. The number of fused-ring (bicyclic) bond motifs is 1. The van der Waals surface area contributed by atoms with E-state index in [1.807, 2.05) is 24.3 Å². The molecule has 1 saturated heterocycles. The quantitative estimate of drug-likeness (QED) is 0.675. The van der Waals surface area contributed by atoms with E-state index < -0.39 is 6.10 Å². The highest BCUT2D eigenvalue weighted by Gasteiger charge is 2.30. The lowest BCUT2D eigenvalue weighted by molar-refractivity contribution is -0.131. The van der Waals surface area contributed by atoms with Crippen molar-refractivity contribution in [3.8, 4) is 22.8 Å². The van der Waals surface area contributed by atoms with E-state index >= 15 is 0 Å². The Hall–Kier alpha value is -3.55. The third-order valence-corrected chi connectivity index (χ3v) is 5.69. The summed E-state index contributed by atoms with van der Waals surface area (Å²) in [5.41, 5.74) is 1.73. The van der Waals surface area contributed by atoms with Gasteiger partial charge in [-0.25, -0.2) is 4.39 Å². The van der Waals surface area contributed by atoms with Gasteiger partial charge in [-0.3, -0.25) is 9.89 Å². The Morgan fingerprint density at radius 1 is 1.10 bits per heavy atom. The number of para-hydroxylation sites is 2. The smallest absolute Gasteiger partial charge is 0.264 e. The lowest BCUT2D eigenvalue weighted by Crippen LogP contribution is -2.51. The fraction of sp³-hybridized carbons (Fsp3) is 0.304. The van der Waals surface area contributed by atoms with Crippen LogP contribution in [0.15, 0.2) is 54.6 Å². The maximum absolute atomic E-state index is 13.1. The zero-order chi connectivity index (χ0) is 21.2. The molecule has 0 saturated carbocycles. The molecule has 0 spiro atoms. The molecule has 8 heteroatoms. The van der Waals surface area contributed by atoms with Crippen LogP contribution in [0.5, 0.6) is 11.5 Å². The lowest BCUT2D eigenvalue weighted by Gasteiger charge is -2.33. The van der Waals surface area contributed by atoms with Gasteiger partial charge in [-0.15, -0.1) is 0 Å². The number of nitrogens with zero attached hydrogens (tertiary/aromatic N) is 2. The number of aromatic amines is 1. The normalized spacial score (nSPS) is 18.6. The highest BCUT2D eigenvalue weighted by molar-refractivity contribution is 5.82. The first-order valence-electron chi connectivity index (χ1n) is 10.4. The molecule has 2 aromatic carbocycles. The maximum Gasteiger partial charge on any atom is 0.264 e. The molecule has 2 aliphatic rings. The van der Waals surface area contributed by atoms with Gasteiger partial charge in [-0.1, -0.05) is 12.1 Å². The Bertz CT molecular complexity index is 1060. The molecule has 2 N–H and O–H groups in total. The third-order valence-electron chi connectivity index (χ3n) is 5.69. The maximum atomic E-state index is 13.1. The molecule has 3 heterocycles. The summed E-state index contributed by atoms with van der Waals surface area (Å²) in [5, 5.41) is 10.5. The molecule has 160 valence electrons. The van der Waals surface area contributed by atoms with Crippen molar-refractivity contribution in [2.75, 3.05) is 24.6 Å². The Balaban J connectivity index is 1.14. The minimum absolute atomic E-state index is 0.0834. The number of ether oxygens (including phenoxy) is 2. The van der Waals surface area contributed by atoms with E-state index in [9.17, 15) is 9.18 Å². The first-order chi connectivity index (χ1) is 15.2. The molecule has 7 nitrogen and oxygen atoms in total. The summed E-state index contributed by atoms with van der Waals surface area (Å²) in [5.74, 6) is 1.70. The molecule has 2 aliphatic heterocycles. The molecule has 0 unspecified atom stereocenters. The minimum atomic E-state index is -0.641. The summed E-state index contributed by atoms with van der Waals surface area (Å²) in [7, 11) is 0. The summed E-state index contributed by atoms with van der Waals surface area (Å²) in [6, 6.07) is 15.7. The second-order valence-electron chi connectivity index (χ2n) is 7.78. The monoisotopic (exact) mass is 422 g/mol. The molecular formula is C23H23FN4O3. The van der Waals surface area contributed by atoms with Gasteiger partial charge in [0, 0.05) is 25.2 Å². The number of carbonyl (C=O) groups is 1. The largest absolute Gasteiger partial charge is 0.485 e. The molecule has 0 bridgehead atoms. The first-order valence-corrected chi connectivity index (χ1v) is 10.4. The van der Waals surface area contributed by atoms with Crippen molar-refractivity contribution >= 4 is 11.7 Å². The number of H-pyrrole nitrogens is 1. The van der Waals surface area contributed by atoms with Crippen molar-refractivity contribution in [1.29, 1.82) is 0 Å². The first kappa shape index (κ1) is 19.4. The number of piperidine rings is 1. The van der Waals surface area contributed by atoms with Gasteiger partial charge in [0.1, 0.15) is 12.4 Å². The second-order valence-corrected chi connectivity index (χ2v) is 7.78. The third kappa shape index (κ3) is 4.19. The number of aromatic nitrogens is 2. The summed E-state index contributed by atoms with van der Waals surface area (Å²) in [6.45, 7) is 1.77. The number of hydrogen-bond donors (Lipinski definition) is 2. The van der Waals surface area contributed by atoms with E-state index in [0.717, 1.165) is 43.0 Å². The Morgan fingerprint density at radius 3 is 2.61 bits per heavy atom. The van der Waals surface area contributed by atoms with Crippen LogP contribution in [0, 0.1) is 5.82 Å². The zero-order valence-electron chi connectivity index (χ0n) is 16.9. The van der Waals surface area contributed by atoms with Crippen LogP contribution in [-0.4, -0.2) is 47.9 Å². The van der Waals surface area contributed by atoms with E-state index in [4.69, 9.17) is 9.47 Å². The number of carbonyl (C=O) groups excluding carboxylic acids is 1. The van der Waals surface area contributed by atoms with Crippen LogP contribution < -0.4 is 19.7 Å². The van der Waals surface area contributed by atoms with E-state index in [1.165, 1.54) is 12.1 Å². The number of rotatable bonds is 4. The van der Waals surface area contributed by atoms with Gasteiger partial charge in [0.25, 0.3) is 5.91 Å². The predicted octanol–water partition coefficient (Wildman–Crippen LogP) is 3.14. The van der Waals surface area contributed by atoms with Crippen LogP contribution >= 0.6 is 0 Å². The minimum Gasteiger partial charge on any atom is -0.485 e. The van der Waals surface area contributed by atoms with Crippen LogP contribution in [0.1, 0.15) is 12.8 Å².